The van der Waals surface area contributed by atoms with Crippen LogP contribution < -0.4 is 25.4 Å². The van der Waals surface area contributed by atoms with Gasteiger partial charge in [0.2, 0.25) is 0 Å². The van der Waals surface area contributed by atoms with Gasteiger partial charge < -0.3 is 0 Å². The second-order valence-corrected chi connectivity index (χ2v) is 6.89. The van der Waals surface area contributed by atoms with Crippen LogP contribution in [-0.4, -0.2) is 4.43 Å². The molecule has 2 aliphatic rings. The topological polar surface area (TPSA) is 26.0 Å². The average molecular weight is 294 g/mol. The third-order valence-electron chi connectivity index (χ3n) is 4.20. The minimum absolute atomic E-state index is 0.0290. The van der Waals surface area contributed by atoms with Crippen molar-refractivity contribution in [2.45, 2.75) is 33.1 Å². The Morgan fingerprint density at radius 2 is 2.00 bits per heavy atom. The SMILES string of the molecule is CC(C)[C@H]1[C@@H]2CC[C@@H](C2)[C@@H]1C[I-]N. The molecule has 78 valence electrons. The molecule has 13 heavy (non-hydrogen) atoms. The Balaban J connectivity index is 2.06. The Morgan fingerprint density at radius 1 is 1.31 bits per heavy atom. The molecular formula is C11H21IN-. The summed E-state index contributed by atoms with van der Waals surface area (Å²) in [6.07, 6.45) is 4.58. The molecule has 2 saturated carbocycles. The molecule has 2 aliphatic carbocycles. The number of nitrogens with two attached hydrogens (primary N) is 1. The maximum atomic E-state index is 5.81. The van der Waals surface area contributed by atoms with Gasteiger partial charge in [-0.2, -0.15) is 0 Å². The van der Waals surface area contributed by atoms with Gasteiger partial charge in [-0.3, -0.25) is 0 Å². The van der Waals surface area contributed by atoms with Crippen molar-refractivity contribution in [2.75, 3.05) is 4.43 Å². The molecule has 2 N–H and O–H groups in total. The summed E-state index contributed by atoms with van der Waals surface area (Å²) in [5.74, 6) is 5.10. The van der Waals surface area contributed by atoms with E-state index in [1.54, 1.807) is 0 Å². The van der Waals surface area contributed by atoms with E-state index in [0.717, 1.165) is 29.6 Å². The first-order chi connectivity index (χ1) is 6.24. The normalized spacial score (nSPS) is 43.7. The molecule has 0 aromatic heterocycles. The molecule has 0 spiro atoms. The minimum atomic E-state index is 0.0290. The summed E-state index contributed by atoms with van der Waals surface area (Å²) in [6, 6.07) is 0. The molecule has 4 atom stereocenters. The molecule has 0 amide bonds. The molecule has 2 fully saturated rings. The van der Waals surface area contributed by atoms with E-state index in [1.807, 2.05) is 0 Å². The number of rotatable bonds is 3. The molecule has 2 bridgehead atoms. The molecule has 0 aromatic rings. The van der Waals surface area contributed by atoms with Gasteiger partial charge >= 0.3 is 92.6 Å². The van der Waals surface area contributed by atoms with Crippen molar-refractivity contribution in [3.8, 4) is 0 Å². The summed E-state index contributed by atoms with van der Waals surface area (Å²) in [4.78, 5) is 0. The second-order valence-electron chi connectivity index (χ2n) is 5.13. The van der Waals surface area contributed by atoms with Crippen LogP contribution in [0.1, 0.15) is 33.1 Å². The van der Waals surface area contributed by atoms with E-state index < -0.39 is 0 Å². The van der Waals surface area contributed by atoms with Crippen molar-refractivity contribution < 1.29 is 21.5 Å². The molecular weight excluding hydrogens is 273 g/mol. The number of hydrogen-bond acceptors (Lipinski definition) is 1. The van der Waals surface area contributed by atoms with E-state index in [0.29, 0.717) is 0 Å². The average Bonchev–Trinajstić information content (AvgIpc) is 2.63. The zero-order valence-electron chi connectivity index (χ0n) is 8.67. The van der Waals surface area contributed by atoms with E-state index >= 15 is 0 Å². The Bertz CT molecular complexity index is 181. The van der Waals surface area contributed by atoms with Gasteiger partial charge in [0.25, 0.3) is 0 Å². The van der Waals surface area contributed by atoms with Crippen LogP contribution in [0.2, 0.25) is 0 Å². The van der Waals surface area contributed by atoms with Gasteiger partial charge in [0.05, 0.1) is 0 Å². The fourth-order valence-electron chi connectivity index (χ4n) is 3.83. The zero-order chi connectivity index (χ0) is 9.42. The Kier molecular flexibility index (Phi) is 3.18. The van der Waals surface area contributed by atoms with Crippen LogP contribution in [0.25, 0.3) is 0 Å². The molecule has 0 heterocycles. The summed E-state index contributed by atoms with van der Waals surface area (Å²) >= 11 is 0.0290. The predicted octanol–water partition coefficient (Wildman–Crippen LogP) is -0.733. The summed E-state index contributed by atoms with van der Waals surface area (Å²) in [6.45, 7) is 4.82. The number of halogens is 1. The monoisotopic (exact) mass is 294 g/mol. The first-order valence-electron chi connectivity index (χ1n) is 5.51. The van der Waals surface area contributed by atoms with Crippen LogP contribution in [0.15, 0.2) is 0 Å². The van der Waals surface area contributed by atoms with Gasteiger partial charge in [-0.15, -0.1) is 0 Å². The molecule has 2 heteroatoms. The van der Waals surface area contributed by atoms with Gasteiger partial charge in [-0.05, 0) is 0 Å². The molecule has 0 radical (unpaired) electrons. The van der Waals surface area contributed by atoms with Gasteiger partial charge in [-0.25, -0.2) is 0 Å². The number of hydrogen-bond donors (Lipinski definition) is 1. The van der Waals surface area contributed by atoms with Crippen molar-refractivity contribution in [3.63, 3.8) is 0 Å². The van der Waals surface area contributed by atoms with Crippen molar-refractivity contribution in [2.24, 2.45) is 33.5 Å². The maximum absolute atomic E-state index is 5.81. The van der Waals surface area contributed by atoms with E-state index in [-0.39, 0.29) is 21.5 Å². The molecule has 1 nitrogen and oxygen atoms in total. The summed E-state index contributed by atoms with van der Waals surface area (Å²) < 4.78 is 7.20. The van der Waals surface area contributed by atoms with E-state index in [4.69, 9.17) is 3.95 Å². The van der Waals surface area contributed by atoms with E-state index in [1.165, 1.54) is 23.7 Å². The molecule has 0 aliphatic heterocycles. The summed E-state index contributed by atoms with van der Waals surface area (Å²) in [5.41, 5.74) is 0. The summed E-state index contributed by atoms with van der Waals surface area (Å²) in [7, 11) is 0. The molecule has 0 unspecified atom stereocenters. The van der Waals surface area contributed by atoms with Crippen molar-refractivity contribution in [1.29, 1.82) is 0 Å². The van der Waals surface area contributed by atoms with Gasteiger partial charge in [0.1, 0.15) is 0 Å². The van der Waals surface area contributed by atoms with Crippen molar-refractivity contribution in [1.82, 2.24) is 0 Å². The quantitative estimate of drug-likeness (QED) is 0.414. The first kappa shape index (κ1) is 10.2. The Morgan fingerprint density at radius 3 is 2.62 bits per heavy atom. The van der Waals surface area contributed by atoms with Gasteiger partial charge in [0.15, 0.2) is 0 Å². The predicted molar refractivity (Wildman–Crippen MR) is 51.7 cm³/mol. The van der Waals surface area contributed by atoms with Gasteiger partial charge in [0, 0.05) is 0 Å². The van der Waals surface area contributed by atoms with Crippen LogP contribution in [0.4, 0.5) is 0 Å². The van der Waals surface area contributed by atoms with Crippen molar-refractivity contribution >= 4 is 0 Å². The molecule has 0 saturated heterocycles. The number of alkyl halides is 1. The van der Waals surface area contributed by atoms with E-state index in [2.05, 4.69) is 13.8 Å². The first-order valence-corrected chi connectivity index (χ1v) is 8.29. The van der Waals surface area contributed by atoms with Crippen LogP contribution >= 0.6 is 0 Å². The fraction of sp³-hybridized carbons (Fsp3) is 1.00. The van der Waals surface area contributed by atoms with E-state index in [9.17, 15) is 0 Å². The van der Waals surface area contributed by atoms with Crippen molar-refractivity contribution in [3.05, 3.63) is 0 Å². The van der Waals surface area contributed by atoms with Crippen LogP contribution in [0, 0.1) is 29.6 Å². The van der Waals surface area contributed by atoms with Crippen LogP contribution in [0.3, 0.4) is 0 Å². The third-order valence-corrected chi connectivity index (χ3v) is 5.72. The van der Waals surface area contributed by atoms with Crippen LogP contribution in [-0.2, 0) is 0 Å². The number of fused-ring (bicyclic) bond motifs is 2. The summed E-state index contributed by atoms with van der Waals surface area (Å²) in [5, 5.41) is 0. The Hall–Kier alpha value is 0.690. The molecule has 0 aromatic carbocycles. The molecule has 2 rings (SSSR count). The second kappa shape index (κ2) is 4.05. The Labute approximate surface area is 92.5 Å². The fourth-order valence-corrected chi connectivity index (χ4v) is 5.72. The third kappa shape index (κ3) is 1.76. The standard InChI is InChI=1S/C11H21IN/c1-7(2)11-9-4-3-8(5-9)10(11)6-12-13/h7-11H,3-6,13H2,1-2H3/q-1/t8-,9+,10-,11-/m0/s1. The van der Waals surface area contributed by atoms with Gasteiger partial charge in [-0.1, -0.05) is 0 Å². The zero-order valence-corrected chi connectivity index (χ0v) is 10.8. The van der Waals surface area contributed by atoms with Crippen LogP contribution in [0.5, 0.6) is 0 Å².